The van der Waals surface area contributed by atoms with Gasteiger partial charge in [-0.1, -0.05) is 36.4 Å². The molecule has 0 aliphatic carbocycles. The van der Waals surface area contributed by atoms with Gasteiger partial charge in [-0.05, 0) is 29.8 Å². The first-order valence-corrected chi connectivity index (χ1v) is 10.7. The monoisotopic (exact) mass is 431 g/mol. The molecule has 3 aromatic rings. The zero-order valence-electron chi connectivity index (χ0n) is 17.9. The summed E-state index contributed by atoms with van der Waals surface area (Å²) in [5.74, 6) is 0.504. The summed E-state index contributed by atoms with van der Waals surface area (Å²) in [6.45, 7) is 2.81. The van der Waals surface area contributed by atoms with E-state index in [0.29, 0.717) is 49.9 Å². The highest BCUT2D eigenvalue weighted by Gasteiger charge is 2.39. The summed E-state index contributed by atoms with van der Waals surface area (Å²) in [6, 6.07) is 19.4. The van der Waals surface area contributed by atoms with Gasteiger partial charge >= 0.3 is 0 Å². The number of carbonyl (C=O) groups is 1. The van der Waals surface area contributed by atoms with Crippen molar-refractivity contribution in [1.82, 2.24) is 14.8 Å². The lowest BCUT2D eigenvalue weighted by molar-refractivity contribution is -0.128. The van der Waals surface area contributed by atoms with Gasteiger partial charge in [-0.3, -0.25) is 4.79 Å². The Kier molecular flexibility index (Phi) is 5.51. The molecule has 7 nitrogen and oxygen atoms in total. The van der Waals surface area contributed by atoms with Crippen LogP contribution in [0.1, 0.15) is 11.3 Å². The quantitative estimate of drug-likeness (QED) is 0.670. The van der Waals surface area contributed by atoms with Crippen LogP contribution in [0.4, 0.5) is 0 Å². The van der Waals surface area contributed by atoms with Gasteiger partial charge in [0.15, 0.2) is 6.23 Å². The first-order valence-electron chi connectivity index (χ1n) is 10.7. The molecule has 1 unspecified atom stereocenters. The molecular formula is C25H25N3O4. The highest BCUT2D eigenvalue weighted by Crippen LogP contribution is 2.34. The zero-order valence-corrected chi connectivity index (χ0v) is 17.9. The molecule has 5 rings (SSSR count). The van der Waals surface area contributed by atoms with Crippen LogP contribution in [-0.2, 0) is 16.1 Å². The molecule has 164 valence electrons. The third kappa shape index (κ3) is 3.81. The highest BCUT2D eigenvalue weighted by molar-refractivity contribution is 6.22. The summed E-state index contributed by atoms with van der Waals surface area (Å²) in [5.41, 5.74) is 3.73. The number of aliphatic hydroxyl groups is 1. The molecular weight excluding hydrogens is 406 g/mol. The van der Waals surface area contributed by atoms with Gasteiger partial charge in [-0.2, -0.15) is 0 Å². The fraction of sp³-hybridized carbons (Fsp3) is 0.280. The van der Waals surface area contributed by atoms with Crippen LogP contribution in [0.25, 0.3) is 16.5 Å². The number of aromatic nitrogens is 1. The number of pyridine rings is 1. The van der Waals surface area contributed by atoms with Gasteiger partial charge in [-0.15, -0.1) is 0 Å². The van der Waals surface area contributed by atoms with E-state index < -0.39 is 6.23 Å². The Hall–Kier alpha value is -3.42. The van der Waals surface area contributed by atoms with Crippen LogP contribution >= 0.6 is 0 Å². The Morgan fingerprint density at radius 3 is 2.59 bits per heavy atom. The molecule has 0 spiro atoms. The van der Waals surface area contributed by atoms with E-state index in [4.69, 9.17) is 9.47 Å². The minimum absolute atomic E-state index is 0.187. The third-order valence-corrected chi connectivity index (χ3v) is 5.94. The smallest absolute Gasteiger partial charge is 0.258 e. The standard InChI is InChI=1S/C25H25N3O4/c1-27-24(29)22(23(25(27)30)28-12-14-31-15-13-28)18-7-10-20(11-8-18)32-16-19-9-6-17-4-2-3-5-21(17)26-19/h2-11,25,30H,12-16H2,1H3. The second-order valence-corrected chi connectivity index (χ2v) is 7.96. The number of benzene rings is 2. The number of aliphatic hydroxyl groups excluding tert-OH is 1. The fourth-order valence-corrected chi connectivity index (χ4v) is 4.17. The molecule has 1 atom stereocenters. The Morgan fingerprint density at radius 1 is 1.06 bits per heavy atom. The molecule has 0 saturated carbocycles. The van der Waals surface area contributed by atoms with Gasteiger partial charge in [-0.25, -0.2) is 4.98 Å². The zero-order chi connectivity index (χ0) is 22.1. The second kappa shape index (κ2) is 8.61. The Bertz CT molecular complexity index is 1170. The van der Waals surface area contributed by atoms with Crippen molar-refractivity contribution in [3.05, 3.63) is 77.6 Å². The number of morpholine rings is 1. The largest absolute Gasteiger partial charge is 0.487 e. The lowest BCUT2D eigenvalue weighted by Gasteiger charge is -2.32. The first kappa shape index (κ1) is 20.5. The Morgan fingerprint density at radius 2 is 1.81 bits per heavy atom. The normalized spacial score (nSPS) is 19.2. The molecule has 1 fully saturated rings. The van der Waals surface area contributed by atoms with E-state index in [9.17, 15) is 9.90 Å². The molecule has 1 amide bonds. The number of ether oxygens (including phenoxy) is 2. The molecule has 1 N–H and O–H groups in total. The number of amides is 1. The van der Waals surface area contributed by atoms with E-state index in [-0.39, 0.29) is 5.91 Å². The number of rotatable bonds is 5. The topological polar surface area (TPSA) is 75.1 Å². The molecule has 0 radical (unpaired) electrons. The van der Waals surface area contributed by atoms with Gasteiger partial charge < -0.3 is 24.4 Å². The van der Waals surface area contributed by atoms with E-state index in [1.165, 1.54) is 4.90 Å². The number of fused-ring (bicyclic) bond motifs is 1. The predicted molar refractivity (Wildman–Crippen MR) is 121 cm³/mol. The van der Waals surface area contributed by atoms with Crippen molar-refractivity contribution in [1.29, 1.82) is 0 Å². The molecule has 1 saturated heterocycles. The maximum atomic E-state index is 12.9. The molecule has 2 aliphatic rings. The van der Waals surface area contributed by atoms with Crippen molar-refractivity contribution >= 4 is 22.4 Å². The van der Waals surface area contributed by atoms with Crippen LogP contribution in [0, 0.1) is 0 Å². The lowest BCUT2D eigenvalue weighted by Crippen LogP contribution is -2.41. The molecule has 1 aromatic heterocycles. The molecule has 3 heterocycles. The van der Waals surface area contributed by atoms with E-state index in [2.05, 4.69) is 4.98 Å². The van der Waals surface area contributed by atoms with Crippen LogP contribution < -0.4 is 4.74 Å². The Balaban J connectivity index is 1.35. The van der Waals surface area contributed by atoms with Gasteiger partial charge in [0.25, 0.3) is 5.91 Å². The maximum absolute atomic E-state index is 12.9. The SMILES string of the molecule is CN1C(=O)C(c2ccc(OCc3ccc4ccccc4n3)cc2)=C(N2CCOCC2)C1O. The molecule has 2 aromatic carbocycles. The molecule has 2 aliphatic heterocycles. The minimum Gasteiger partial charge on any atom is -0.487 e. The van der Waals surface area contributed by atoms with Gasteiger partial charge in [0.1, 0.15) is 12.4 Å². The van der Waals surface area contributed by atoms with Crippen LogP contribution in [-0.4, -0.2) is 65.4 Å². The summed E-state index contributed by atoms with van der Waals surface area (Å²) in [6.07, 6.45) is -0.953. The molecule has 7 heteroatoms. The molecule has 32 heavy (non-hydrogen) atoms. The van der Waals surface area contributed by atoms with E-state index in [0.717, 1.165) is 22.2 Å². The summed E-state index contributed by atoms with van der Waals surface area (Å²) in [7, 11) is 1.62. The summed E-state index contributed by atoms with van der Waals surface area (Å²) < 4.78 is 11.3. The minimum atomic E-state index is -0.953. The van der Waals surface area contributed by atoms with Gasteiger partial charge in [0.05, 0.1) is 35.7 Å². The molecule has 0 bridgehead atoms. The van der Waals surface area contributed by atoms with Gasteiger partial charge in [0, 0.05) is 25.5 Å². The number of carbonyl (C=O) groups excluding carboxylic acids is 1. The average Bonchev–Trinajstić information content (AvgIpc) is 3.07. The van der Waals surface area contributed by atoms with Crippen LogP contribution in [0.15, 0.2) is 66.4 Å². The highest BCUT2D eigenvalue weighted by atomic mass is 16.5. The maximum Gasteiger partial charge on any atom is 0.258 e. The van der Waals surface area contributed by atoms with E-state index in [1.54, 1.807) is 7.05 Å². The third-order valence-electron chi connectivity index (χ3n) is 5.94. The van der Waals surface area contributed by atoms with Crippen LogP contribution in [0.2, 0.25) is 0 Å². The van der Waals surface area contributed by atoms with Gasteiger partial charge in [0.2, 0.25) is 0 Å². The number of nitrogens with zero attached hydrogens (tertiary/aromatic N) is 3. The van der Waals surface area contributed by atoms with Crippen molar-refractivity contribution in [3.63, 3.8) is 0 Å². The number of likely N-dealkylation sites (N-methyl/N-ethyl adjacent to an activating group) is 1. The average molecular weight is 431 g/mol. The summed E-state index contributed by atoms with van der Waals surface area (Å²) >= 11 is 0. The number of para-hydroxylation sites is 1. The first-order chi connectivity index (χ1) is 15.6. The van der Waals surface area contributed by atoms with E-state index >= 15 is 0 Å². The number of hydrogen-bond donors (Lipinski definition) is 1. The fourth-order valence-electron chi connectivity index (χ4n) is 4.17. The van der Waals surface area contributed by atoms with Crippen LogP contribution in [0.5, 0.6) is 5.75 Å². The van der Waals surface area contributed by atoms with E-state index in [1.807, 2.05) is 65.6 Å². The number of hydrogen-bond acceptors (Lipinski definition) is 6. The van der Waals surface area contributed by atoms with Crippen LogP contribution in [0.3, 0.4) is 0 Å². The van der Waals surface area contributed by atoms with Crippen molar-refractivity contribution < 1.29 is 19.4 Å². The predicted octanol–water partition coefficient (Wildman–Crippen LogP) is 2.65. The van der Waals surface area contributed by atoms with Crippen molar-refractivity contribution in [2.24, 2.45) is 0 Å². The van der Waals surface area contributed by atoms with Crippen molar-refractivity contribution in [2.75, 3.05) is 33.4 Å². The summed E-state index contributed by atoms with van der Waals surface area (Å²) in [4.78, 5) is 20.9. The summed E-state index contributed by atoms with van der Waals surface area (Å²) in [5, 5.41) is 11.8. The second-order valence-electron chi connectivity index (χ2n) is 7.96. The lowest BCUT2D eigenvalue weighted by atomic mass is 10.0. The van der Waals surface area contributed by atoms with Crippen molar-refractivity contribution in [3.8, 4) is 5.75 Å². The Labute approximate surface area is 186 Å². The van der Waals surface area contributed by atoms with Crippen molar-refractivity contribution in [2.45, 2.75) is 12.8 Å².